The maximum absolute atomic E-state index is 13.1. The summed E-state index contributed by atoms with van der Waals surface area (Å²) in [5.41, 5.74) is 1.14. The van der Waals surface area contributed by atoms with Crippen molar-refractivity contribution < 1.29 is 23.2 Å². The summed E-state index contributed by atoms with van der Waals surface area (Å²) in [6.07, 6.45) is 3.38. The van der Waals surface area contributed by atoms with E-state index < -0.39 is 6.04 Å². The van der Waals surface area contributed by atoms with Crippen molar-refractivity contribution in [2.24, 2.45) is 0 Å². The molecule has 0 saturated heterocycles. The summed E-state index contributed by atoms with van der Waals surface area (Å²) in [7, 11) is 0. The molecule has 0 aliphatic rings. The highest BCUT2D eigenvalue weighted by atomic mass is 19.1. The van der Waals surface area contributed by atoms with E-state index in [0.29, 0.717) is 23.6 Å². The molecule has 0 spiro atoms. The molecule has 8 heteroatoms. The van der Waals surface area contributed by atoms with E-state index in [-0.39, 0.29) is 36.2 Å². The molecule has 0 saturated carbocycles. The first-order valence-electron chi connectivity index (χ1n) is 11.1. The van der Waals surface area contributed by atoms with Gasteiger partial charge < -0.3 is 14.6 Å². The van der Waals surface area contributed by atoms with Gasteiger partial charge in [-0.05, 0) is 61.9 Å². The Kier molecular flexibility index (Phi) is 8.69. The number of halogens is 1. The predicted octanol–water partition coefficient (Wildman–Crippen LogP) is 5.29. The first kappa shape index (κ1) is 24.1. The lowest BCUT2D eigenvalue weighted by molar-refractivity contribution is -0.121. The molecule has 3 aromatic rings. The summed E-state index contributed by atoms with van der Waals surface area (Å²) in [4.78, 5) is 29.0. The van der Waals surface area contributed by atoms with Crippen molar-refractivity contribution in [2.75, 3.05) is 6.61 Å². The van der Waals surface area contributed by atoms with Gasteiger partial charge in [0, 0.05) is 24.0 Å². The highest BCUT2D eigenvalue weighted by molar-refractivity contribution is 5.98. The minimum atomic E-state index is -0.529. The standard InChI is InChI=1S/C25H28FN3O4/c1-3-4-5-16-32-21-12-8-18(9-13-21)22(30)14-15-23(31)27-17(2)25-28-24(29-33-25)19-6-10-20(26)11-7-19/h6-13,17H,3-5,14-16H2,1-2H3,(H,27,31). The van der Waals surface area contributed by atoms with Crippen LogP contribution in [0.2, 0.25) is 0 Å². The van der Waals surface area contributed by atoms with Gasteiger partial charge in [0.25, 0.3) is 0 Å². The third-order valence-electron chi connectivity index (χ3n) is 5.06. The van der Waals surface area contributed by atoms with Gasteiger partial charge in [0.15, 0.2) is 5.78 Å². The zero-order valence-corrected chi connectivity index (χ0v) is 18.8. The van der Waals surface area contributed by atoms with Crippen LogP contribution < -0.4 is 10.1 Å². The van der Waals surface area contributed by atoms with E-state index in [0.717, 1.165) is 25.0 Å². The summed E-state index contributed by atoms with van der Waals surface area (Å²) in [6.45, 7) is 4.50. The van der Waals surface area contributed by atoms with Crippen molar-refractivity contribution in [1.29, 1.82) is 0 Å². The third kappa shape index (κ3) is 7.24. The molecule has 7 nitrogen and oxygen atoms in total. The Hall–Kier alpha value is -3.55. The number of nitrogens with zero attached hydrogens (tertiary/aromatic N) is 2. The van der Waals surface area contributed by atoms with Crippen LogP contribution in [-0.4, -0.2) is 28.4 Å². The Labute approximate surface area is 192 Å². The Morgan fingerprint density at radius 3 is 2.48 bits per heavy atom. The fourth-order valence-corrected chi connectivity index (χ4v) is 3.15. The average Bonchev–Trinajstić information content (AvgIpc) is 3.32. The molecule has 33 heavy (non-hydrogen) atoms. The molecule has 0 aliphatic heterocycles. The maximum Gasteiger partial charge on any atom is 0.249 e. The fourth-order valence-electron chi connectivity index (χ4n) is 3.15. The van der Waals surface area contributed by atoms with Crippen LogP contribution in [0.5, 0.6) is 5.75 Å². The van der Waals surface area contributed by atoms with E-state index in [1.807, 2.05) is 0 Å². The number of carbonyl (C=O) groups is 2. The summed E-state index contributed by atoms with van der Waals surface area (Å²) in [5, 5.41) is 6.62. The number of aromatic nitrogens is 2. The fraction of sp³-hybridized carbons (Fsp3) is 0.360. The normalized spacial score (nSPS) is 11.7. The topological polar surface area (TPSA) is 94.3 Å². The van der Waals surface area contributed by atoms with Gasteiger partial charge >= 0.3 is 0 Å². The van der Waals surface area contributed by atoms with Crippen molar-refractivity contribution in [1.82, 2.24) is 15.5 Å². The zero-order valence-electron chi connectivity index (χ0n) is 18.8. The van der Waals surface area contributed by atoms with Crippen LogP contribution in [0, 0.1) is 5.82 Å². The smallest absolute Gasteiger partial charge is 0.249 e. The Morgan fingerprint density at radius 1 is 1.06 bits per heavy atom. The van der Waals surface area contributed by atoms with Gasteiger partial charge in [-0.25, -0.2) is 4.39 Å². The van der Waals surface area contributed by atoms with Gasteiger partial charge in [-0.2, -0.15) is 4.98 Å². The number of ketones is 1. The number of nitrogens with one attached hydrogen (secondary N) is 1. The molecular weight excluding hydrogens is 425 g/mol. The second kappa shape index (κ2) is 11.9. The molecule has 1 N–H and O–H groups in total. The number of carbonyl (C=O) groups excluding carboxylic acids is 2. The molecule has 0 fully saturated rings. The van der Waals surface area contributed by atoms with Crippen molar-refractivity contribution >= 4 is 11.7 Å². The number of unbranched alkanes of at least 4 members (excludes halogenated alkanes) is 2. The molecule has 1 unspecified atom stereocenters. The highest BCUT2D eigenvalue weighted by Crippen LogP contribution is 2.19. The minimum absolute atomic E-state index is 0.0391. The van der Waals surface area contributed by atoms with Gasteiger partial charge in [0.05, 0.1) is 6.61 Å². The van der Waals surface area contributed by atoms with Gasteiger partial charge in [-0.1, -0.05) is 24.9 Å². The lowest BCUT2D eigenvalue weighted by Gasteiger charge is -2.09. The maximum atomic E-state index is 13.1. The van der Waals surface area contributed by atoms with Crippen LogP contribution in [0.15, 0.2) is 53.1 Å². The van der Waals surface area contributed by atoms with E-state index in [1.54, 1.807) is 43.3 Å². The van der Waals surface area contributed by atoms with Gasteiger partial charge in [0.2, 0.25) is 17.6 Å². The largest absolute Gasteiger partial charge is 0.494 e. The number of hydrogen-bond donors (Lipinski definition) is 1. The average molecular weight is 454 g/mol. The summed E-state index contributed by atoms with van der Waals surface area (Å²) < 4.78 is 23.9. The molecule has 0 radical (unpaired) electrons. The lowest BCUT2D eigenvalue weighted by Crippen LogP contribution is -2.27. The van der Waals surface area contributed by atoms with Gasteiger partial charge in [0.1, 0.15) is 17.6 Å². The molecule has 0 bridgehead atoms. The SMILES string of the molecule is CCCCCOc1ccc(C(=O)CCC(=O)NC(C)c2nc(-c3ccc(F)cc3)no2)cc1. The monoisotopic (exact) mass is 453 g/mol. The molecule has 174 valence electrons. The second-order valence-electron chi connectivity index (χ2n) is 7.76. The van der Waals surface area contributed by atoms with Crippen LogP contribution in [0.1, 0.15) is 68.2 Å². The van der Waals surface area contributed by atoms with Gasteiger partial charge in [-0.3, -0.25) is 9.59 Å². The lowest BCUT2D eigenvalue weighted by atomic mass is 10.1. The molecule has 2 aromatic carbocycles. The molecule has 3 rings (SSSR count). The Morgan fingerprint density at radius 2 is 1.79 bits per heavy atom. The van der Waals surface area contributed by atoms with E-state index in [1.165, 1.54) is 12.1 Å². The van der Waals surface area contributed by atoms with Crippen molar-refractivity contribution in [3.8, 4) is 17.1 Å². The number of benzene rings is 2. The number of amides is 1. The van der Waals surface area contributed by atoms with Crippen LogP contribution >= 0.6 is 0 Å². The van der Waals surface area contributed by atoms with E-state index in [2.05, 4.69) is 22.4 Å². The molecule has 0 aliphatic carbocycles. The summed E-state index contributed by atoms with van der Waals surface area (Å²) >= 11 is 0. The minimum Gasteiger partial charge on any atom is -0.494 e. The summed E-state index contributed by atoms with van der Waals surface area (Å²) in [5.74, 6) is 0.487. The van der Waals surface area contributed by atoms with Crippen molar-refractivity contribution in [2.45, 2.75) is 52.0 Å². The van der Waals surface area contributed by atoms with Gasteiger partial charge in [-0.15, -0.1) is 0 Å². The van der Waals surface area contributed by atoms with E-state index >= 15 is 0 Å². The molecule has 1 amide bonds. The highest BCUT2D eigenvalue weighted by Gasteiger charge is 2.18. The predicted molar refractivity (Wildman–Crippen MR) is 121 cm³/mol. The first-order chi connectivity index (χ1) is 16.0. The molecule has 1 atom stereocenters. The number of rotatable bonds is 12. The van der Waals surface area contributed by atoms with Crippen LogP contribution in [0.25, 0.3) is 11.4 Å². The van der Waals surface area contributed by atoms with E-state index in [4.69, 9.17) is 9.26 Å². The molecular formula is C25H28FN3O4. The quantitative estimate of drug-likeness (QED) is 0.296. The molecule has 1 heterocycles. The Balaban J connectivity index is 1.45. The Bertz CT molecular complexity index is 1050. The zero-order chi connectivity index (χ0) is 23.6. The summed E-state index contributed by atoms with van der Waals surface area (Å²) in [6, 6.07) is 12.2. The third-order valence-corrected chi connectivity index (χ3v) is 5.06. The number of Topliss-reactive ketones (excluding diaryl/α,β-unsaturated/α-hetero) is 1. The first-order valence-corrected chi connectivity index (χ1v) is 11.1. The number of ether oxygens (including phenoxy) is 1. The van der Waals surface area contributed by atoms with Crippen LogP contribution in [-0.2, 0) is 4.79 Å². The molecule has 1 aromatic heterocycles. The van der Waals surface area contributed by atoms with Crippen molar-refractivity contribution in [3.63, 3.8) is 0 Å². The van der Waals surface area contributed by atoms with Crippen LogP contribution in [0.3, 0.4) is 0 Å². The van der Waals surface area contributed by atoms with Crippen LogP contribution in [0.4, 0.5) is 4.39 Å². The van der Waals surface area contributed by atoms with E-state index in [9.17, 15) is 14.0 Å². The van der Waals surface area contributed by atoms with Crippen molar-refractivity contribution in [3.05, 3.63) is 65.8 Å². The second-order valence-corrected chi connectivity index (χ2v) is 7.76. The number of hydrogen-bond acceptors (Lipinski definition) is 6.